The Kier molecular flexibility index (Phi) is 10.0. The van der Waals surface area contributed by atoms with Crippen LogP contribution in [0.25, 0.3) is 0 Å². The van der Waals surface area contributed by atoms with Crippen molar-refractivity contribution in [1.29, 1.82) is 0 Å². The summed E-state index contributed by atoms with van der Waals surface area (Å²) in [5.74, 6) is 0. The highest BCUT2D eigenvalue weighted by Gasteiger charge is 1.80. The van der Waals surface area contributed by atoms with Crippen molar-refractivity contribution in [2.45, 2.75) is 52.4 Å². The zero-order valence-corrected chi connectivity index (χ0v) is 8.55. The lowest BCUT2D eigenvalue weighted by Gasteiger charge is -1.90. The van der Waals surface area contributed by atoms with Crippen molar-refractivity contribution in [1.82, 2.24) is 0 Å². The van der Waals surface area contributed by atoms with Crippen LogP contribution in [0, 0.1) is 0 Å². The fourth-order valence-corrected chi connectivity index (χ4v) is 1.08. The van der Waals surface area contributed by atoms with E-state index in [1.165, 1.54) is 38.5 Å². The van der Waals surface area contributed by atoms with Gasteiger partial charge in [0, 0.05) is 0 Å². The summed E-state index contributed by atoms with van der Waals surface area (Å²) in [5.41, 5.74) is 0. The molecule has 0 saturated heterocycles. The number of hydrogen-bond donors (Lipinski definition) is 0. The van der Waals surface area contributed by atoms with Crippen molar-refractivity contribution in [3.8, 4) is 0 Å². The second-order valence-corrected chi connectivity index (χ2v) is 3.11. The van der Waals surface area contributed by atoms with Gasteiger partial charge in [-0.15, -0.1) is 0 Å². The fraction of sp³-hybridized carbons (Fsp3) is 0.667. The molecule has 0 spiro atoms. The molecule has 70 valence electrons. The Bertz CT molecular complexity index is 120. The Morgan fingerprint density at radius 2 is 1.42 bits per heavy atom. The first kappa shape index (κ1) is 11.5. The molecule has 0 heteroatoms. The molecule has 0 N–H and O–H groups in total. The molecule has 0 aliphatic carbocycles. The van der Waals surface area contributed by atoms with E-state index in [0.717, 1.165) is 0 Å². The van der Waals surface area contributed by atoms with Crippen molar-refractivity contribution >= 4 is 0 Å². The molecule has 0 aromatic carbocycles. The lowest BCUT2D eigenvalue weighted by atomic mass is 10.2. The number of allylic oxidation sites excluding steroid dienone is 4. The van der Waals surface area contributed by atoms with Gasteiger partial charge in [0.25, 0.3) is 0 Å². The van der Waals surface area contributed by atoms with Gasteiger partial charge in [-0.2, -0.15) is 0 Å². The Morgan fingerprint density at radius 3 is 2.00 bits per heavy atom. The van der Waals surface area contributed by atoms with Crippen molar-refractivity contribution in [2.75, 3.05) is 0 Å². The van der Waals surface area contributed by atoms with E-state index in [1.54, 1.807) is 0 Å². The third-order valence-electron chi connectivity index (χ3n) is 1.87. The van der Waals surface area contributed by atoms with Gasteiger partial charge in [-0.1, -0.05) is 44.1 Å². The Morgan fingerprint density at radius 1 is 0.833 bits per heavy atom. The van der Waals surface area contributed by atoms with E-state index in [9.17, 15) is 0 Å². The van der Waals surface area contributed by atoms with E-state index in [1.807, 2.05) is 0 Å². The molecular formula is C12H22. The smallest absolute Gasteiger partial charge is 0.0348 e. The minimum Gasteiger partial charge on any atom is -0.0917 e. The monoisotopic (exact) mass is 166 g/mol. The van der Waals surface area contributed by atoms with Gasteiger partial charge in [0.2, 0.25) is 0 Å². The summed E-state index contributed by atoms with van der Waals surface area (Å²) in [6.45, 7) is 4.32. The Hall–Kier alpha value is -0.520. The molecule has 12 heavy (non-hydrogen) atoms. The van der Waals surface area contributed by atoms with Gasteiger partial charge < -0.3 is 0 Å². The predicted molar refractivity (Wildman–Crippen MR) is 57.3 cm³/mol. The quantitative estimate of drug-likeness (QED) is 0.386. The van der Waals surface area contributed by atoms with E-state index in [2.05, 4.69) is 38.2 Å². The highest BCUT2D eigenvalue weighted by molar-refractivity contribution is 4.83. The van der Waals surface area contributed by atoms with Crippen molar-refractivity contribution in [3.05, 3.63) is 24.3 Å². The molecule has 0 amide bonds. The first-order valence-corrected chi connectivity index (χ1v) is 5.18. The first-order valence-electron chi connectivity index (χ1n) is 5.18. The zero-order valence-electron chi connectivity index (χ0n) is 8.55. The van der Waals surface area contributed by atoms with Crippen LogP contribution in [0.3, 0.4) is 0 Å². The molecule has 0 saturated carbocycles. The predicted octanol–water partition coefficient (Wildman–Crippen LogP) is 4.48. The zero-order chi connectivity index (χ0) is 9.07. The van der Waals surface area contributed by atoms with Crippen LogP contribution >= 0.6 is 0 Å². The van der Waals surface area contributed by atoms with Crippen molar-refractivity contribution < 1.29 is 0 Å². The molecule has 0 aromatic rings. The van der Waals surface area contributed by atoms with Crippen molar-refractivity contribution in [3.63, 3.8) is 0 Å². The Labute approximate surface area is 77.4 Å². The maximum absolute atomic E-state index is 2.32. The third-order valence-corrected chi connectivity index (χ3v) is 1.87. The lowest BCUT2D eigenvalue weighted by Crippen LogP contribution is -1.70. The molecular weight excluding hydrogens is 144 g/mol. The summed E-state index contributed by atoms with van der Waals surface area (Å²) < 4.78 is 0. The van der Waals surface area contributed by atoms with E-state index in [-0.39, 0.29) is 0 Å². The average molecular weight is 166 g/mol. The SMILES string of the molecule is CC=CCCCC=CCCCC. The third kappa shape index (κ3) is 9.48. The van der Waals surface area contributed by atoms with Gasteiger partial charge in [0.15, 0.2) is 0 Å². The van der Waals surface area contributed by atoms with Gasteiger partial charge in [-0.05, 0) is 32.6 Å². The van der Waals surface area contributed by atoms with Gasteiger partial charge in [-0.3, -0.25) is 0 Å². The molecule has 0 aliphatic heterocycles. The molecule has 0 nitrogen and oxygen atoms in total. The van der Waals surface area contributed by atoms with Crippen LogP contribution in [-0.4, -0.2) is 0 Å². The maximum atomic E-state index is 2.32. The molecule has 0 atom stereocenters. The number of unbranched alkanes of at least 4 members (excludes halogenated alkanes) is 4. The second kappa shape index (κ2) is 10.5. The largest absolute Gasteiger partial charge is 0.0917 e. The lowest BCUT2D eigenvalue weighted by molar-refractivity contribution is 0.805. The summed E-state index contributed by atoms with van der Waals surface area (Å²) >= 11 is 0. The Balaban J connectivity index is 3.02. The molecule has 0 rings (SSSR count). The van der Waals surface area contributed by atoms with Crippen molar-refractivity contribution in [2.24, 2.45) is 0 Å². The van der Waals surface area contributed by atoms with Crippen LogP contribution < -0.4 is 0 Å². The van der Waals surface area contributed by atoms with E-state index in [0.29, 0.717) is 0 Å². The summed E-state index contributed by atoms with van der Waals surface area (Å²) in [4.78, 5) is 0. The summed E-state index contributed by atoms with van der Waals surface area (Å²) in [5, 5.41) is 0. The molecule has 0 radical (unpaired) electrons. The number of hydrogen-bond acceptors (Lipinski definition) is 0. The normalized spacial score (nSPS) is 11.8. The van der Waals surface area contributed by atoms with E-state index >= 15 is 0 Å². The van der Waals surface area contributed by atoms with Gasteiger partial charge in [0.1, 0.15) is 0 Å². The topological polar surface area (TPSA) is 0 Å². The molecule has 0 bridgehead atoms. The highest BCUT2D eigenvalue weighted by atomic mass is 13.9. The van der Waals surface area contributed by atoms with Crippen LogP contribution in [0.2, 0.25) is 0 Å². The van der Waals surface area contributed by atoms with Gasteiger partial charge in [0.05, 0.1) is 0 Å². The minimum atomic E-state index is 1.23. The second-order valence-electron chi connectivity index (χ2n) is 3.11. The summed E-state index contributed by atoms with van der Waals surface area (Å²) in [7, 11) is 0. The molecule has 0 heterocycles. The van der Waals surface area contributed by atoms with E-state index in [4.69, 9.17) is 0 Å². The van der Waals surface area contributed by atoms with Crippen LogP contribution in [0.5, 0.6) is 0 Å². The van der Waals surface area contributed by atoms with Gasteiger partial charge in [-0.25, -0.2) is 0 Å². The van der Waals surface area contributed by atoms with E-state index < -0.39 is 0 Å². The van der Waals surface area contributed by atoms with Crippen LogP contribution in [0.4, 0.5) is 0 Å². The number of rotatable bonds is 7. The van der Waals surface area contributed by atoms with Gasteiger partial charge >= 0.3 is 0 Å². The average Bonchev–Trinajstić information content (AvgIpc) is 2.10. The molecule has 0 aliphatic rings. The standard InChI is InChI=1S/C12H22/c1-3-5-7-9-11-12-10-8-6-4-2/h3,5,10,12H,4,6-9,11H2,1-2H3. The van der Waals surface area contributed by atoms with Crippen LogP contribution in [-0.2, 0) is 0 Å². The summed E-state index contributed by atoms with van der Waals surface area (Å²) in [6, 6.07) is 0. The fourth-order valence-electron chi connectivity index (χ4n) is 1.08. The van der Waals surface area contributed by atoms with Crippen LogP contribution in [0.1, 0.15) is 52.4 Å². The highest BCUT2D eigenvalue weighted by Crippen LogP contribution is 2.00. The summed E-state index contributed by atoms with van der Waals surface area (Å²) in [6.07, 6.45) is 16.7. The maximum Gasteiger partial charge on any atom is -0.0348 e. The minimum absolute atomic E-state index is 1.23. The van der Waals surface area contributed by atoms with Crippen LogP contribution in [0.15, 0.2) is 24.3 Å². The molecule has 0 fully saturated rings. The molecule has 0 aromatic heterocycles. The molecule has 0 unspecified atom stereocenters. The first-order chi connectivity index (χ1) is 5.91.